The van der Waals surface area contributed by atoms with Crippen LogP contribution in [0.15, 0.2) is 6.20 Å². The Morgan fingerprint density at radius 2 is 2.18 bits per heavy atom. The Hall–Kier alpha value is -0.580. The molecule has 17 heavy (non-hydrogen) atoms. The topological polar surface area (TPSA) is 41.3 Å². The first-order valence-electron chi connectivity index (χ1n) is 6.07. The molecule has 1 aliphatic rings. The van der Waals surface area contributed by atoms with Crippen molar-refractivity contribution in [2.45, 2.75) is 37.8 Å². The van der Waals surface area contributed by atoms with Gasteiger partial charge in [-0.2, -0.15) is 0 Å². The molecule has 1 aromatic rings. The summed E-state index contributed by atoms with van der Waals surface area (Å²) >= 11 is 5.94. The van der Waals surface area contributed by atoms with Gasteiger partial charge >= 0.3 is 0 Å². The van der Waals surface area contributed by atoms with Crippen molar-refractivity contribution in [3.63, 3.8) is 0 Å². The summed E-state index contributed by atoms with van der Waals surface area (Å²) in [6.07, 6.45) is 5.77. The zero-order chi connectivity index (χ0) is 12.5. The molecule has 0 bridgehead atoms. The quantitative estimate of drug-likeness (QED) is 0.895. The Morgan fingerprint density at radius 3 is 2.71 bits per heavy atom. The van der Waals surface area contributed by atoms with Crippen LogP contribution in [0, 0.1) is 0 Å². The molecule has 0 aromatic carbocycles. The standard InChI is InChI=1S/C12H20ClN3O/c1-15(9-12(17)5-3-4-6-12)8-11-14-7-10(13)16(11)2/h7,17H,3-6,8-9H2,1-2H3. The van der Waals surface area contributed by atoms with E-state index in [2.05, 4.69) is 9.88 Å². The summed E-state index contributed by atoms with van der Waals surface area (Å²) in [6.45, 7) is 1.42. The van der Waals surface area contributed by atoms with Crippen molar-refractivity contribution >= 4 is 11.6 Å². The molecule has 0 unspecified atom stereocenters. The normalized spacial score (nSPS) is 19.1. The fourth-order valence-corrected chi connectivity index (χ4v) is 2.71. The molecule has 0 spiro atoms. The van der Waals surface area contributed by atoms with Crippen LogP contribution in [0.3, 0.4) is 0 Å². The molecule has 1 saturated carbocycles. The minimum absolute atomic E-state index is 0.496. The van der Waals surface area contributed by atoms with E-state index in [0.29, 0.717) is 18.2 Å². The molecule has 0 aliphatic heterocycles. The molecule has 5 heteroatoms. The molecule has 2 rings (SSSR count). The molecule has 0 atom stereocenters. The average Bonchev–Trinajstić information content (AvgIpc) is 2.80. The summed E-state index contributed by atoms with van der Waals surface area (Å²) in [7, 11) is 3.92. The van der Waals surface area contributed by atoms with Crippen LogP contribution in [-0.4, -0.2) is 38.8 Å². The van der Waals surface area contributed by atoms with Gasteiger partial charge in [-0.15, -0.1) is 0 Å². The molecule has 0 saturated heterocycles. The lowest BCUT2D eigenvalue weighted by atomic mass is 10.0. The lowest BCUT2D eigenvalue weighted by Crippen LogP contribution is -2.39. The summed E-state index contributed by atoms with van der Waals surface area (Å²) in [5.74, 6) is 0.930. The minimum atomic E-state index is -0.496. The molecule has 96 valence electrons. The highest BCUT2D eigenvalue weighted by Gasteiger charge is 2.32. The van der Waals surface area contributed by atoms with Gasteiger partial charge in [0, 0.05) is 13.6 Å². The van der Waals surface area contributed by atoms with Gasteiger partial charge in [-0.25, -0.2) is 4.98 Å². The van der Waals surface area contributed by atoms with E-state index >= 15 is 0 Å². The van der Waals surface area contributed by atoms with Crippen LogP contribution < -0.4 is 0 Å². The maximum Gasteiger partial charge on any atom is 0.128 e. The second-order valence-corrected chi connectivity index (χ2v) is 5.55. The first-order chi connectivity index (χ1) is 8.00. The predicted molar refractivity (Wildman–Crippen MR) is 68.0 cm³/mol. The summed E-state index contributed by atoms with van der Waals surface area (Å²) in [5.41, 5.74) is -0.496. The fourth-order valence-electron chi connectivity index (χ4n) is 2.56. The highest BCUT2D eigenvalue weighted by Crippen LogP contribution is 2.30. The average molecular weight is 258 g/mol. The van der Waals surface area contributed by atoms with Crippen LogP contribution >= 0.6 is 11.6 Å². The summed E-state index contributed by atoms with van der Waals surface area (Å²) < 4.78 is 1.87. The van der Waals surface area contributed by atoms with Crippen LogP contribution in [-0.2, 0) is 13.6 Å². The van der Waals surface area contributed by atoms with Crippen molar-refractivity contribution < 1.29 is 5.11 Å². The van der Waals surface area contributed by atoms with Crippen molar-refractivity contribution in [2.75, 3.05) is 13.6 Å². The number of aliphatic hydroxyl groups is 1. The van der Waals surface area contributed by atoms with Crippen molar-refractivity contribution in [1.82, 2.24) is 14.5 Å². The maximum absolute atomic E-state index is 10.3. The third kappa shape index (κ3) is 3.00. The Morgan fingerprint density at radius 1 is 1.53 bits per heavy atom. The van der Waals surface area contributed by atoms with E-state index in [1.54, 1.807) is 6.20 Å². The van der Waals surface area contributed by atoms with Gasteiger partial charge in [0.2, 0.25) is 0 Å². The van der Waals surface area contributed by atoms with E-state index in [9.17, 15) is 5.11 Å². The van der Waals surface area contributed by atoms with Crippen LogP contribution in [0.5, 0.6) is 0 Å². The first kappa shape index (κ1) is 12.9. The van der Waals surface area contributed by atoms with Crippen molar-refractivity contribution in [3.05, 3.63) is 17.2 Å². The molecular formula is C12H20ClN3O. The molecule has 1 fully saturated rings. The van der Waals surface area contributed by atoms with E-state index in [1.165, 1.54) is 0 Å². The van der Waals surface area contributed by atoms with Gasteiger partial charge in [-0.05, 0) is 19.9 Å². The highest BCUT2D eigenvalue weighted by atomic mass is 35.5. The van der Waals surface area contributed by atoms with Gasteiger partial charge in [-0.3, -0.25) is 4.90 Å². The Balaban J connectivity index is 1.93. The Kier molecular flexibility index (Phi) is 3.76. The second-order valence-electron chi connectivity index (χ2n) is 5.16. The van der Waals surface area contributed by atoms with E-state index < -0.39 is 5.60 Å². The van der Waals surface area contributed by atoms with E-state index in [0.717, 1.165) is 31.5 Å². The van der Waals surface area contributed by atoms with Gasteiger partial charge in [0.25, 0.3) is 0 Å². The number of rotatable bonds is 4. The highest BCUT2D eigenvalue weighted by molar-refractivity contribution is 6.29. The number of nitrogens with zero attached hydrogens (tertiary/aromatic N) is 3. The molecule has 0 amide bonds. The predicted octanol–water partition coefficient (Wildman–Crippen LogP) is 1.81. The van der Waals surface area contributed by atoms with E-state index in [-0.39, 0.29) is 0 Å². The molecule has 4 nitrogen and oxygen atoms in total. The van der Waals surface area contributed by atoms with Gasteiger partial charge in [0.15, 0.2) is 0 Å². The van der Waals surface area contributed by atoms with Crippen molar-refractivity contribution in [2.24, 2.45) is 7.05 Å². The molecule has 1 heterocycles. The summed E-state index contributed by atoms with van der Waals surface area (Å²) in [5, 5.41) is 11.0. The largest absolute Gasteiger partial charge is 0.389 e. The van der Waals surface area contributed by atoms with Gasteiger partial charge in [-0.1, -0.05) is 24.4 Å². The smallest absolute Gasteiger partial charge is 0.128 e. The molecule has 1 N–H and O–H groups in total. The zero-order valence-electron chi connectivity index (χ0n) is 10.5. The van der Waals surface area contributed by atoms with Crippen LogP contribution in [0.4, 0.5) is 0 Å². The third-order valence-corrected chi connectivity index (χ3v) is 3.89. The van der Waals surface area contributed by atoms with Gasteiger partial charge in [0.05, 0.1) is 18.3 Å². The number of likely N-dealkylation sites (N-methyl/N-ethyl adjacent to an activating group) is 1. The number of imidazole rings is 1. The van der Waals surface area contributed by atoms with E-state index in [1.807, 2.05) is 18.7 Å². The molecular weight excluding hydrogens is 238 g/mol. The van der Waals surface area contributed by atoms with Crippen LogP contribution in [0.1, 0.15) is 31.5 Å². The number of halogens is 1. The van der Waals surface area contributed by atoms with E-state index in [4.69, 9.17) is 11.6 Å². The zero-order valence-corrected chi connectivity index (χ0v) is 11.2. The number of hydrogen-bond acceptors (Lipinski definition) is 3. The van der Waals surface area contributed by atoms with Crippen LogP contribution in [0.2, 0.25) is 5.15 Å². The Bertz CT molecular complexity index is 385. The fraction of sp³-hybridized carbons (Fsp3) is 0.750. The molecule has 1 aliphatic carbocycles. The van der Waals surface area contributed by atoms with Crippen molar-refractivity contribution in [1.29, 1.82) is 0 Å². The van der Waals surface area contributed by atoms with Gasteiger partial charge < -0.3 is 9.67 Å². The summed E-state index contributed by atoms with van der Waals surface area (Å²) in [4.78, 5) is 6.38. The van der Waals surface area contributed by atoms with Crippen molar-refractivity contribution in [3.8, 4) is 0 Å². The monoisotopic (exact) mass is 257 g/mol. The Labute approximate surface area is 107 Å². The number of aromatic nitrogens is 2. The minimum Gasteiger partial charge on any atom is -0.389 e. The molecule has 1 aromatic heterocycles. The second kappa shape index (κ2) is 4.96. The molecule has 0 radical (unpaired) electrons. The lowest BCUT2D eigenvalue weighted by molar-refractivity contribution is 0.0138. The number of hydrogen-bond donors (Lipinski definition) is 1. The van der Waals surface area contributed by atoms with Crippen LogP contribution in [0.25, 0.3) is 0 Å². The third-order valence-electron chi connectivity index (χ3n) is 3.54. The first-order valence-corrected chi connectivity index (χ1v) is 6.45. The SMILES string of the molecule is CN(Cc1ncc(Cl)n1C)CC1(O)CCCC1. The van der Waals surface area contributed by atoms with Gasteiger partial charge in [0.1, 0.15) is 11.0 Å². The summed E-state index contributed by atoms with van der Waals surface area (Å²) in [6, 6.07) is 0. The lowest BCUT2D eigenvalue weighted by Gasteiger charge is -2.28. The maximum atomic E-state index is 10.3.